The number of nitro groups is 1. The van der Waals surface area contributed by atoms with Crippen LogP contribution in [0.25, 0.3) is 0 Å². The average Bonchev–Trinajstić information content (AvgIpc) is 2.78. The Morgan fingerprint density at radius 2 is 1.88 bits per heavy atom. The largest absolute Gasteiger partial charge is 0.440 e. The second-order valence-corrected chi connectivity index (χ2v) is 7.70. The number of allylic oxidation sites excluding steroid dienone is 1. The average molecular weight is 492 g/mol. The van der Waals surface area contributed by atoms with Gasteiger partial charge in [-0.15, -0.1) is 0 Å². The van der Waals surface area contributed by atoms with Crippen molar-refractivity contribution in [2.45, 2.75) is 5.92 Å². The lowest BCUT2D eigenvalue weighted by Gasteiger charge is -2.26. The monoisotopic (exact) mass is 491 g/mol. The summed E-state index contributed by atoms with van der Waals surface area (Å²) in [4.78, 5) is 23.0. The normalized spacial score (nSPS) is 14.7. The quantitative estimate of drug-likeness (QED) is 0.240. The lowest BCUT2D eigenvalue weighted by atomic mass is 9.83. The zero-order valence-corrected chi connectivity index (χ0v) is 17.9. The van der Waals surface area contributed by atoms with Crippen LogP contribution in [0, 0.1) is 21.4 Å². The highest BCUT2D eigenvalue weighted by Gasteiger charge is 2.31. The highest BCUT2D eigenvalue weighted by atomic mass is 79.9. The fourth-order valence-corrected chi connectivity index (χ4v) is 3.87. The molecule has 1 atom stereocenters. The smallest absolute Gasteiger partial charge is 0.344 e. The number of nitriles is 1. The molecule has 32 heavy (non-hydrogen) atoms. The van der Waals surface area contributed by atoms with Crippen LogP contribution in [0.2, 0.25) is 0 Å². The van der Waals surface area contributed by atoms with Gasteiger partial charge in [0.25, 0.3) is 5.69 Å². The first-order chi connectivity index (χ1) is 15.4. The van der Waals surface area contributed by atoms with Gasteiger partial charge in [0.05, 0.1) is 16.4 Å². The summed E-state index contributed by atoms with van der Waals surface area (Å²) in [5, 5.41) is 20.6. The van der Waals surface area contributed by atoms with Crippen LogP contribution in [0.3, 0.4) is 0 Å². The Morgan fingerprint density at radius 1 is 1.16 bits per heavy atom. The minimum Gasteiger partial charge on any atom is -0.440 e. The van der Waals surface area contributed by atoms with Gasteiger partial charge in [0.15, 0.2) is 0 Å². The third-order valence-corrected chi connectivity index (χ3v) is 5.62. The van der Waals surface area contributed by atoms with E-state index in [1.165, 1.54) is 18.2 Å². The van der Waals surface area contributed by atoms with Crippen LogP contribution in [0.1, 0.15) is 27.4 Å². The molecule has 9 heteroatoms. The molecule has 1 unspecified atom stereocenters. The number of benzene rings is 3. The van der Waals surface area contributed by atoms with E-state index >= 15 is 0 Å². The van der Waals surface area contributed by atoms with Gasteiger partial charge in [-0.25, -0.2) is 4.79 Å². The first-order valence-electron chi connectivity index (χ1n) is 9.31. The van der Waals surface area contributed by atoms with Crippen LogP contribution in [-0.2, 0) is 0 Å². The Morgan fingerprint density at radius 3 is 2.53 bits per heavy atom. The van der Waals surface area contributed by atoms with Crippen molar-refractivity contribution < 1.29 is 19.2 Å². The number of hydrogen-bond donors (Lipinski definition) is 1. The highest BCUT2D eigenvalue weighted by Crippen LogP contribution is 2.43. The van der Waals surface area contributed by atoms with Gasteiger partial charge in [0, 0.05) is 28.2 Å². The van der Waals surface area contributed by atoms with Crippen LogP contribution < -0.4 is 15.2 Å². The van der Waals surface area contributed by atoms with Crippen molar-refractivity contribution in [3.63, 3.8) is 0 Å². The van der Waals surface area contributed by atoms with E-state index in [0.29, 0.717) is 26.9 Å². The van der Waals surface area contributed by atoms with E-state index < -0.39 is 16.8 Å². The number of carbonyl (C=O) groups is 1. The van der Waals surface area contributed by atoms with E-state index in [4.69, 9.17) is 15.2 Å². The fraction of sp³-hybridized carbons (Fsp3) is 0.0435. The summed E-state index contributed by atoms with van der Waals surface area (Å²) in [6, 6.07) is 19.6. The van der Waals surface area contributed by atoms with Gasteiger partial charge in [0.1, 0.15) is 23.1 Å². The Hall–Kier alpha value is -4.16. The maximum Gasteiger partial charge on any atom is 0.344 e. The summed E-state index contributed by atoms with van der Waals surface area (Å²) in [5.41, 5.74) is 7.72. The Kier molecular flexibility index (Phi) is 5.62. The first kappa shape index (κ1) is 21.1. The zero-order chi connectivity index (χ0) is 22.8. The van der Waals surface area contributed by atoms with E-state index in [2.05, 4.69) is 22.0 Å². The van der Waals surface area contributed by atoms with Gasteiger partial charge < -0.3 is 15.2 Å². The standard InChI is InChI=1S/C23H14BrN3O5/c24-19-4-2-1-3-16(19)23(28)31-15-9-10-17-20(11-15)32-22(26)18(12-25)21(17)13-5-7-14(8-6-13)27(29)30/h1-11,21H,26H2. The summed E-state index contributed by atoms with van der Waals surface area (Å²) in [7, 11) is 0. The summed E-state index contributed by atoms with van der Waals surface area (Å²) in [6.45, 7) is 0. The molecule has 3 aromatic rings. The minimum absolute atomic E-state index is 0.0641. The first-order valence-corrected chi connectivity index (χ1v) is 10.1. The number of nitrogens with zero attached hydrogens (tertiary/aromatic N) is 2. The zero-order valence-electron chi connectivity index (χ0n) is 16.3. The molecule has 0 spiro atoms. The lowest BCUT2D eigenvalue weighted by molar-refractivity contribution is -0.384. The minimum atomic E-state index is -0.586. The van der Waals surface area contributed by atoms with Crippen molar-refractivity contribution >= 4 is 27.6 Å². The predicted molar refractivity (Wildman–Crippen MR) is 118 cm³/mol. The molecule has 0 bridgehead atoms. The number of esters is 1. The molecule has 0 fully saturated rings. The van der Waals surface area contributed by atoms with Crippen molar-refractivity contribution in [3.8, 4) is 17.6 Å². The summed E-state index contributed by atoms with van der Waals surface area (Å²) in [5.74, 6) is -0.668. The number of ether oxygens (including phenoxy) is 2. The SMILES string of the molecule is N#CC1=C(N)Oc2cc(OC(=O)c3ccccc3Br)ccc2C1c1ccc([N+](=O)[O-])cc1. The molecular weight excluding hydrogens is 478 g/mol. The third-order valence-electron chi connectivity index (χ3n) is 4.93. The molecule has 0 amide bonds. The number of nitro benzene ring substituents is 1. The number of non-ortho nitro benzene ring substituents is 1. The molecule has 4 rings (SSSR count). The number of carbonyl (C=O) groups excluding carboxylic acids is 1. The molecular formula is C23H14BrN3O5. The van der Waals surface area contributed by atoms with Gasteiger partial charge in [-0.1, -0.05) is 30.3 Å². The van der Waals surface area contributed by atoms with Crippen LogP contribution in [-0.4, -0.2) is 10.9 Å². The summed E-state index contributed by atoms with van der Waals surface area (Å²) >= 11 is 3.32. The maximum atomic E-state index is 12.5. The van der Waals surface area contributed by atoms with E-state index in [1.807, 2.05) is 0 Å². The predicted octanol–water partition coefficient (Wildman–Crippen LogP) is 4.79. The van der Waals surface area contributed by atoms with Crippen molar-refractivity contribution in [2.75, 3.05) is 0 Å². The Bertz CT molecular complexity index is 1310. The van der Waals surface area contributed by atoms with Gasteiger partial charge in [0.2, 0.25) is 5.88 Å². The number of nitrogens with two attached hydrogens (primary N) is 1. The molecule has 0 saturated carbocycles. The number of fused-ring (bicyclic) bond motifs is 1. The number of rotatable bonds is 4. The van der Waals surface area contributed by atoms with Gasteiger partial charge in [-0.3, -0.25) is 10.1 Å². The lowest BCUT2D eigenvalue weighted by Crippen LogP contribution is -2.21. The summed E-state index contributed by atoms with van der Waals surface area (Å²) < 4.78 is 11.7. The van der Waals surface area contributed by atoms with Gasteiger partial charge >= 0.3 is 5.97 Å². The third kappa shape index (κ3) is 3.91. The number of hydrogen-bond acceptors (Lipinski definition) is 7. The highest BCUT2D eigenvalue weighted by molar-refractivity contribution is 9.10. The van der Waals surface area contributed by atoms with E-state index in [1.54, 1.807) is 48.5 Å². The van der Waals surface area contributed by atoms with Crippen molar-refractivity contribution in [3.05, 3.63) is 109 Å². The fourth-order valence-electron chi connectivity index (χ4n) is 3.42. The van der Waals surface area contributed by atoms with E-state index in [0.717, 1.165) is 0 Å². The molecule has 0 saturated heterocycles. The second kappa shape index (κ2) is 8.53. The molecule has 0 aliphatic carbocycles. The molecule has 1 heterocycles. The van der Waals surface area contributed by atoms with Crippen molar-refractivity contribution in [1.29, 1.82) is 5.26 Å². The molecule has 1 aliphatic rings. The van der Waals surface area contributed by atoms with Crippen LogP contribution in [0.4, 0.5) is 5.69 Å². The van der Waals surface area contributed by atoms with Crippen LogP contribution in [0.5, 0.6) is 11.5 Å². The molecule has 3 aromatic carbocycles. The number of halogens is 1. The molecule has 158 valence electrons. The van der Waals surface area contributed by atoms with Crippen LogP contribution in [0.15, 0.2) is 82.7 Å². The molecule has 8 nitrogen and oxygen atoms in total. The summed E-state index contributed by atoms with van der Waals surface area (Å²) in [6.07, 6.45) is 0. The molecule has 0 aromatic heterocycles. The van der Waals surface area contributed by atoms with E-state index in [9.17, 15) is 20.2 Å². The molecule has 0 radical (unpaired) electrons. The van der Waals surface area contributed by atoms with E-state index in [-0.39, 0.29) is 22.9 Å². The Balaban J connectivity index is 1.70. The van der Waals surface area contributed by atoms with Crippen molar-refractivity contribution in [1.82, 2.24) is 0 Å². The van der Waals surface area contributed by atoms with Crippen LogP contribution >= 0.6 is 15.9 Å². The molecule has 1 aliphatic heterocycles. The maximum absolute atomic E-state index is 12.5. The van der Waals surface area contributed by atoms with Crippen molar-refractivity contribution in [2.24, 2.45) is 5.73 Å². The van der Waals surface area contributed by atoms with Gasteiger partial charge in [-0.2, -0.15) is 5.26 Å². The Labute approximate surface area is 190 Å². The topological polar surface area (TPSA) is 128 Å². The molecule has 2 N–H and O–H groups in total. The second-order valence-electron chi connectivity index (χ2n) is 6.84. The van der Waals surface area contributed by atoms with Gasteiger partial charge in [-0.05, 0) is 39.7 Å².